The van der Waals surface area contributed by atoms with Gasteiger partial charge in [-0.2, -0.15) is 0 Å². The Morgan fingerprint density at radius 2 is 1.74 bits per heavy atom. The van der Waals surface area contributed by atoms with Crippen LogP contribution in [0.15, 0.2) is 30.5 Å². The molecular formula is C23H30N2OSe. The molecule has 1 aliphatic rings. The van der Waals surface area contributed by atoms with Crippen molar-refractivity contribution in [2.24, 2.45) is 0 Å². The molecule has 3 rings (SSSR count). The zero-order valence-corrected chi connectivity index (χ0v) is 19.0. The van der Waals surface area contributed by atoms with E-state index in [2.05, 4.69) is 57.1 Å². The molecule has 1 heterocycles. The molecule has 1 aromatic carbocycles. The molecular weight excluding hydrogens is 399 g/mol. The van der Waals surface area contributed by atoms with Crippen LogP contribution in [0, 0.1) is 6.92 Å². The number of benzene rings is 1. The number of carbonyl (C=O) groups excluding carboxylic acids is 1. The minimum atomic E-state index is -0.0574. The normalized spacial score (nSPS) is 17.3. The Morgan fingerprint density at radius 1 is 1.11 bits per heavy atom. The topological polar surface area (TPSA) is 42.0 Å². The van der Waals surface area contributed by atoms with Crippen LogP contribution >= 0.6 is 0 Å². The van der Waals surface area contributed by atoms with E-state index in [9.17, 15) is 4.79 Å². The van der Waals surface area contributed by atoms with Crippen LogP contribution in [0.25, 0.3) is 0 Å². The first-order chi connectivity index (χ1) is 12.6. The predicted octanol–water partition coefficient (Wildman–Crippen LogP) is 3.14. The maximum atomic E-state index is 11.9. The molecule has 0 saturated heterocycles. The second kappa shape index (κ2) is 7.41. The molecule has 0 aliphatic heterocycles. The van der Waals surface area contributed by atoms with E-state index in [0.29, 0.717) is 12.1 Å². The van der Waals surface area contributed by atoms with E-state index < -0.39 is 0 Å². The van der Waals surface area contributed by atoms with Crippen LogP contribution in [-0.2, 0) is 10.8 Å². The van der Waals surface area contributed by atoms with Crippen LogP contribution in [0.2, 0.25) is 0 Å². The molecule has 144 valence electrons. The number of nitrogens with zero attached hydrogens (tertiary/aromatic N) is 1. The van der Waals surface area contributed by atoms with Crippen molar-refractivity contribution in [2.45, 2.75) is 65.2 Å². The maximum absolute atomic E-state index is 11.9. The van der Waals surface area contributed by atoms with Crippen molar-refractivity contribution in [2.75, 3.05) is 6.54 Å². The first-order valence-corrected chi connectivity index (χ1v) is 11.4. The molecule has 1 N–H and O–H groups in total. The number of rotatable bonds is 4. The van der Waals surface area contributed by atoms with Crippen LogP contribution in [0.3, 0.4) is 0 Å². The van der Waals surface area contributed by atoms with Crippen LogP contribution in [0.1, 0.15) is 74.5 Å². The Kier molecular flexibility index (Phi) is 5.52. The molecule has 0 atom stereocenters. The summed E-state index contributed by atoms with van der Waals surface area (Å²) in [6, 6.07) is 8.73. The van der Waals surface area contributed by atoms with E-state index in [4.69, 9.17) is 0 Å². The first kappa shape index (κ1) is 20.1. The van der Waals surface area contributed by atoms with E-state index in [1.54, 1.807) is 6.20 Å². The third kappa shape index (κ3) is 4.12. The van der Waals surface area contributed by atoms with Crippen molar-refractivity contribution >= 4 is 29.9 Å². The standard InChI is InChI=1S/C23H30N2OSe/c1-7-24-21(26)16-8-9-20(25-14-16)27-19-13-18-17(12-15(19)2)22(3,4)10-11-23(18,5)6/h8-9,12-14H,7,10-11H2,1-6H3,(H,24,26). The van der Waals surface area contributed by atoms with Gasteiger partial charge in [-0.15, -0.1) is 0 Å². The number of fused-ring (bicyclic) bond motifs is 1. The Morgan fingerprint density at radius 3 is 2.30 bits per heavy atom. The molecule has 0 saturated carbocycles. The fourth-order valence-electron chi connectivity index (χ4n) is 3.76. The van der Waals surface area contributed by atoms with Gasteiger partial charge in [0.1, 0.15) is 0 Å². The van der Waals surface area contributed by atoms with Crippen LogP contribution in [0.5, 0.6) is 0 Å². The average Bonchev–Trinajstić information content (AvgIpc) is 2.61. The van der Waals surface area contributed by atoms with E-state index in [0.717, 1.165) is 4.59 Å². The summed E-state index contributed by atoms with van der Waals surface area (Å²) in [5.74, 6) is -0.0574. The summed E-state index contributed by atoms with van der Waals surface area (Å²) in [5, 5.41) is 2.82. The van der Waals surface area contributed by atoms with Crippen molar-refractivity contribution in [3.05, 3.63) is 52.7 Å². The summed E-state index contributed by atoms with van der Waals surface area (Å²) in [4.78, 5) is 16.5. The third-order valence-electron chi connectivity index (χ3n) is 5.70. The molecule has 4 heteroatoms. The summed E-state index contributed by atoms with van der Waals surface area (Å²) in [7, 11) is 0. The number of aromatic nitrogens is 1. The van der Waals surface area contributed by atoms with Crippen LogP contribution in [0.4, 0.5) is 0 Å². The van der Waals surface area contributed by atoms with E-state index in [-0.39, 0.29) is 31.7 Å². The Hall–Kier alpha value is -1.64. The Balaban J connectivity index is 1.91. The van der Waals surface area contributed by atoms with Gasteiger partial charge in [-0.3, -0.25) is 0 Å². The van der Waals surface area contributed by atoms with Gasteiger partial charge in [0.15, 0.2) is 0 Å². The summed E-state index contributed by atoms with van der Waals surface area (Å²) in [6.45, 7) is 14.2. The number of aryl methyl sites for hydroxylation is 1. The zero-order valence-electron chi connectivity index (χ0n) is 17.3. The van der Waals surface area contributed by atoms with Gasteiger partial charge in [-0.25, -0.2) is 0 Å². The molecule has 0 spiro atoms. The number of nitrogens with one attached hydrogen (secondary N) is 1. The minimum absolute atomic E-state index is 0.0574. The molecule has 0 unspecified atom stereocenters. The number of pyridine rings is 1. The van der Waals surface area contributed by atoms with Gasteiger partial charge in [-0.05, 0) is 0 Å². The fourth-order valence-corrected chi connectivity index (χ4v) is 5.57. The second-order valence-electron chi connectivity index (χ2n) is 8.78. The van der Waals surface area contributed by atoms with Crippen LogP contribution < -0.4 is 14.4 Å². The number of carbonyl (C=O) groups is 1. The van der Waals surface area contributed by atoms with Crippen molar-refractivity contribution < 1.29 is 4.79 Å². The van der Waals surface area contributed by atoms with Crippen molar-refractivity contribution in [1.29, 1.82) is 0 Å². The van der Waals surface area contributed by atoms with E-state index >= 15 is 0 Å². The second-order valence-corrected chi connectivity index (χ2v) is 11.0. The van der Waals surface area contributed by atoms with Gasteiger partial charge in [0.25, 0.3) is 0 Å². The number of hydrogen-bond acceptors (Lipinski definition) is 2. The molecule has 0 bridgehead atoms. The summed E-state index contributed by atoms with van der Waals surface area (Å²) in [6.07, 6.45) is 4.16. The molecule has 2 aromatic rings. The van der Waals surface area contributed by atoms with Gasteiger partial charge in [0, 0.05) is 0 Å². The third-order valence-corrected chi connectivity index (χ3v) is 8.03. The predicted molar refractivity (Wildman–Crippen MR) is 114 cm³/mol. The zero-order chi connectivity index (χ0) is 19.8. The average molecular weight is 429 g/mol. The Labute approximate surface area is 169 Å². The quantitative estimate of drug-likeness (QED) is 0.759. The van der Waals surface area contributed by atoms with Gasteiger partial charge in [0.2, 0.25) is 0 Å². The fraction of sp³-hybridized carbons (Fsp3) is 0.478. The monoisotopic (exact) mass is 430 g/mol. The molecule has 0 radical (unpaired) electrons. The molecule has 0 fully saturated rings. The van der Waals surface area contributed by atoms with Gasteiger partial charge < -0.3 is 0 Å². The SMILES string of the molecule is CCNC(=O)c1ccc([Se]c2cc3c(cc2C)C(C)(C)CCC3(C)C)nc1. The molecule has 1 aromatic heterocycles. The van der Waals surface area contributed by atoms with Crippen molar-refractivity contribution in [3.8, 4) is 0 Å². The summed E-state index contributed by atoms with van der Waals surface area (Å²) in [5.41, 5.74) is 5.46. The van der Waals surface area contributed by atoms with Crippen LogP contribution in [-0.4, -0.2) is 32.4 Å². The van der Waals surface area contributed by atoms with Crippen molar-refractivity contribution in [1.82, 2.24) is 10.3 Å². The molecule has 3 nitrogen and oxygen atoms in total. The van der Waals surface area contributed by atoms with Gasteiger partial charge in [-0.1, -0.05) is 0 Å². The molecule has 27 heavy (non-hydrogen) atoms. The summed E-state index contributed by atoms with van der Waals surface area (Å²) < 4.78 is 2.46. The van der Waals surface area contributed by atoms with E-state index in [1.807, 2.05) is 19.1 Å². The Bertz CT molecular complexity index is 853. The number of hydrogen-bond donors (Lipinski definition) is 1. The van der Waals surface area contributed by atoms with Gasteiger partial charge in [0.05, 0.1) is 0 Å². The molecule has 1 aliphatic carbocycles. The van der Waals surface area contributed by atoms with Crippen molar-refractivity contribution in [3.63, 3.8) is 0 Å². The number of amides is 1. The van der Waals surface area contributed by atoms with E-state index in [1.165, 1.54) is 34.0 Å². The van der Waals surface area contributed by atoms with Gasteiger partial charge >= 0.3 is 169 Å². The first-order valence-electron chi connectivity index (χ1n) is 9.72. The summed E-state index contributed by atoms with van der Waals surface area (Å²) >= 11 is 0.135. The molecule has 1 amide bonds.